The number of aromatic hydroxyl groups is 1. The number of ether oxygens (including phenoxy) is 1. The highest BCUT2D eigenvalue weighted by Gasteiger charge is 2.43. The molecule has 27 heavy (non-hydrogen) atoms. The van der Waals surface area contributed by atoms with Crippen molar-refractivity contribution in [2.75, 3.05) is 0 Å². The summed E-state index contributed by atoms with van der Waals surface area (Å²) >= 11 is 1.37. The number of phenolic OH excluding ortho intramolecular Hbond substituents is 1. The van der Waals surface area contributed by atoms with E-state index >= 15 is 0 Å². The zero-order valence-electron chi connectivity index (χ0n) is 15.0. The quantitative estimate of drug-likeness (QED) is 0.720. The first-order valence-electron chi connectivity index (χ1n) is 9.18. The monoisotopic (exact) mass is 383 g/mol. The molecule has 0 spiro atoms. The lowest BCUT2D eigenvalue weighted by Gasteiger charge is -2.35. The third kappa shape index (κ3) is 3.19. The molecule has 2 aliphatic rings. The van der Waals surface area contributed by atoms with Gasteiger partial charge in [-0.05, 0) is 38.3 Å². The van der Waals surface area contributed by atoms with Crippen molar-refractivity contribution in [3.05, 3.63) is 36.9 Å². The van der Waals surface area contributed by atoms with E-state index in [1.165, 1.54) is 24.2 Å². The van der Waals surface area contributed by atoms with Gasteiger partial charge in [0.15, 0.2) is 5.01 Å². The molecule has 140 valence electrons. The van der Waals surface area contributed by atoms with Gasteiger partial charge in [0.25, 0.3) is 5.19 Å². The molecule has 5 rings (SSSR count). The van der Waals surface area contributed by atoms with Gasteiger partial charge in [-0.25, -0.2) is 4.98 Å². The Morgan fingerprint density at radius 1 is 1.37 bits per heavy atom. The van der Waals surface area contributed by atoms with Crippen molar-refractivity contribution in [1.29, 1.82) is 0 Å². The van der Waals surface area contributed by atoms with Gasteiger partial charge in [-0.2, -0.15) is 0 Å². The van der Waals surface area contributed by atoms with Crippen molar-refractivity contribution in [2.24, 2.45) is 0 Å². The molecule has 2 N–H and O–H groups in total. The summed E-state index contributed by atoms with van der Waals surface area (Å²) in [5, 5.41) is 23.8. The maximum Gasteiger partial charge on any atom is 0.294 e. The van der Waals surface area contributed by atoms with Crippen LogP contribution in [0, 0.1) is 0 Å². The van der Waals surface area contributed by atoms with E-state index in [4.69, 9.17) is 4.74 Å². The summed E-state index contributed by atoms with van der Waals surface area (Å²) in [5.41, 5.74) is 1.68. The molecule has 0 saturated carbocycles. The largest absolute Gasteiger partial charge is 0.507 e. The molecule has 2 saturated heterocycles. The number of rotatable bonds is 4. The molecular weight excluding hydrogens is 362 g/mol. The van der Waals surface area contributed by atoms with E-state index in [1.807, 2.05) is 22.9 Å². The van der Waals surface area contributed by atoms with Crippen LogP contribution in [0.25, 0.3) is 16.3 Å². The average Bonchev–Trinajstić information content (AvgIpc) is 3.36. The molecule has 3 aromatic rings. The molecule has 2 fully saturated rings. The molecule has 8 heteroatoms. The Balaban J connectivity index is 1.33. The molecule has 0 radical (unpaired) electrons. The number of imidazole rings is 1. The van der Waals surface area contributed by atoms with Crippen LogP contribution in [0.5, 0.6) is 10.9 Å². The summed E-state index contributed by atoms with van der Waals surface area (Å²) in [6, 6.07) is 6.01. The predicted molar refractivity (Wildman–Crippen MR) is 102 cm³/mol. The lowest BCUT2D eigenvalue weighted by molar-refractivity contribution is 0.107. The van der Waals surface area contributed by atoms with Crippen LogP contribution in [0.1, 0.15) is 32.6 Å². The zero-order valence-corrected chi connectivity index (χ0v) is 15.8. The van der Waals surface area contributed by atoms with Crippen LogP contribution < -0.4 is 10.1 Å². The number of nitrogens with one attached hydrogen (secondary N) is 1. The van der Waals surface area contributed by atoms with Gasteiger partial charge in [0.2, 0.25) is 0 Å². The first-order valence-corrected chi connectivity index (χ1v) is 9.99. The lowest BCUT2D eigenvalue weighted by atomic mass is 9.91. The van der Waals surface area contributed by atoms with Crippen LogP contribution in [0.3, 0.4) is 0 Å². The topological polar surface area (TPSA) is 85.1 Å². The predicted octanol–water partition coefficient (Wildman–Crippen LogP) is 3.15. The summed E-state index contributed by atoms with van der Waals surface area (Å²) in [6.45, 7) is 2.27. The molecule has 4 heterocycles. The van der Waals surface area contributed by atoms with E-state index in [1.54, 1.807) is 18.6 Å². The Morgan fingerprint density at radius 2 is 2.30 bits per heavy atom. The Bertz CT molecular complexity index is 957. The zero-order chi connectivity index (χ0) is 18.4. The van der Waals surface area contributed by atoms with Crippen molar-refractivity contribution >= 4 is 11.3 Å². The fourth-order valence-electron chi connectivity index (χ4n) is 4.24. The van der Waals surface area contributed by atoms with E-state index in [0.717, 1.165) is 18.5 Å². The molecule has 1 aromatic carbocycles. The second kappa shape index (κ2) is 6.31. The summed E-state index contributed by atoms with van der Waals surface area (Å²) in [6.07, 6.45) is 9.81. The number of fused-ring (bicyclic) bond motifs is 2. The van der Waals surface area contributed by atoms with E-state index < -0.39 is 0 Å². The Morgan fingerprint density at radius 3 is 3.07 bits per heavy atom. The Labute approximate surface area is 161 Å². The number of hydrogen-bond acceptors (Lipinski definition) is 7. The molecule has 2 aromatic heterocycles. The highest BCUT2D eigenvalue weighted by Crippen LogP contribution is 2.39. The molecule has 3 atom stereocenters. The van der Waals surface area contributed by atoms with Crippen molar-refractivity contribution in [3.8, 4) is 27.2 Å². The van der Waals surface area contributed by atoms with Crippen molar-refractivity contribution in [2.45, 2.75) is 50.3 Å². The van der Waals surface area contributed by atoms with Gasteiger partial charge >= 0.3 is 0 Å². The molecule has 0 aliphatic carbocycles. The number of aromatic nitrogens is 4. The van der Waals surface area contributed by atoms with Crippen LogP contribution >= 0.6 is 11.3 Å². The molecule has 2 aliphatic heterocycles. The Kier molecular flexibility index (Phi) is 3.91. The van der Waals surface area contributed by atoms with Gasteiger partial charge in [-0.3, -0.25) is 0 Å². The highest BCUT2D eigenvalue weighted by atomic mass is 32.1. The average molecular weight is 383 g/mol. The standard InChI is InChI=1S/C19H21N5O2S/c1-19-5-4-12(21-19)8-14(10-19)26-18-23-22-17(27-18)15-3-2-13(9-16(15)25)24-7-6-20-11-24/h2-3,6-7,9,11-12,14,21,25H,4-5,8,10H2,1H3/t12?,14-,19+/m1/s1. The second-order valence-corrected chi connectivity index (χ2v) is 8.60. The summed E-state index contributed by atoms with van der Waals surface area (Å²) in [7, 11) is 0. The fraction of sp³-hybridized carbons (Fsp3) is 0.421. The smallest absolute Gasteiger partial charge is 0.294 e. The first kappa shape index (κ1) is 16.7. The van der Waals surface area contributed by atoms with Crippen LogP contribution in [-0.2, 0) is 0 Å². The lowest BCUT2D eigenvalue weighted by Crippen LogP contribution is -2.50. The summed E-state index contributed by atoms with van der Waals surface area (Å²) in [5.74, 6) is 0.163. The molecular formula is C19H21N5O2S. The van der Waals surface area contributed by atoms with Gasteiger partial charge < -0.3 is 19.7 Å². The van der Waals surface area contributed by atoms with Crippen LogP contribution in [-0.4, -0.2) is 42.5 Å². The van der Waals surface area contributed by atoms with Crippen molar-refractivity contribution in [3.63, 3.8) is 0 Å². The van der Waals surface area contributed by atoms with Crippen LogP contribution in [0.4, 0.5) is 0 Å². The summed E-state index contributed by atoms with van der Waals surface area (Å²) < 4.78 is 7.97. The molecule has 0 amide bonds. The van der Waals surface area contributed by atoms with E-state index in [9.17, 15) is 5.11 Å². The highest BCUT2D eigenvalue weighted by molar-refractivity contribution is 7.16. The SMILES string of the molecule is C[C@]12CCC(C[C@@H](Oc3nnc(-c4ccc(-n5ccnc5)cc4O)s3)C1)N2. The third-order valence-corrected chi connectivity index (χ3v) is 6.36. The normalized spacial score (nSPS) is 27.0. The minimum atomic E-state index is 0.163. The minimum absolute atomic E-state index is 0.163. The van der Waals surface area contributed by atoms with Gasteiger partial charge in [0.05, 0.1) is 17.6 Å². The maximum absolute atomic E-state index is 10.4. The fourth-order valence-corrected chi connectivity index (χ4v) is 5.04. The molecule has 2 bridgehead atoms. The van der Waals surface area contributed by atoms with Crippen molar-refractivity contribution < 1.29 is 9.84 Å². The van der Waals surface area contributed by atoms with Gasteiger partial charge in [-0.1, -0.05) is 16.4 Å². The van der Waals surface area contributed by atoms with Crippen LogP contribution in [0.2, 0.25) is 0 Å². The number of nitrogens with zero attached hydrogens (tertiary/aromatic N) is 4. The Hall–Kier alpha value is -2.45. The molecule has 1 unspecified atom stereocenters. The van der Waals surface area contributed by atoms with Gasteiger partial charge in [0.1, 0.15) is 11.9 Å². The minimum Gasteiger partial charge on any atom is -0.507 e. The van der Waals surface area contributed by atoms with E-state index in [0.29, 0.717) is 21.8 Å². The van der Waals surface area contributed by atoms with E-state index in [2.05, 4.69) is 27.4 Å². The van der Waals surface area contributed by atoms with Crippen LogP contribution in [0.15, 0.2) is 36.9 Å². The number of piperidine rings is 1. The molecule has 7 nitrogen and oxygen atoms in total. The number of benzene rings is 1. The first-order chi connectivity index (χ1) is 13.1. The van der Waals surface area contributed by atoms with Crippen molar-refractivity contribution in [1.82, 2.24) is 25.1 Å². The second-order valence-electron chi connectivity index (χ2n) is 7.66. The summed E-state index contributed by atoms with van der Waals surface area (Å²) in [4.78, 5) is 4.03. The van der Waals surface area contributed by atoms with Gasteiger partial charge in [0, 0.05) is 36.5 Å². The third-order valence-electron chi connectivity index (χ3n) is 5.51. The number of phenols is 1. The maximum atomic E-state index is 10.4. The van der Waals surface area contributed by atoms with Gasteiger partial charge in [-0.15, -0.1) is 5.10 Å². The number of hydrogen-bond donors (Lipinski definition) is 2. The van der Waals surface area contributed by atoms with E-state index in [-0.39, 0.29) is 17.4 Å².